The van der Waals surface area contributed by atoms with E-state index >= 15 is 0 Å². The minimum atomic E-state index is -3.57. The molecule has 1 N–H and O–H groups in total. The molecule has 0 saturated heterocycles. The summed E-state index contributed by atoms with van der Waals surface area (Å²) < 4.78 is 26.6. The second-order valence-corrected chi connectivity index (χ2v) is 12.2. The summed E-state index contributed by atoms with van der Waals surface area (Å²) in [4.78, 5) is 28.1. The SMILES string of the molecule is CCCCNC(=O)[C@H](CC)N(Cc1ccc(Cl)cc1Cl)C(=O)CCCN(c1cccc(C)c1C)S(C)(=O)=O. The third kappa shape index (κ3) is 8.89. The molecule has 10 heteroatoms. The predicted octanol–water partition coefficient (Wildman–Crippen LogP) is 5.88. The highest BCUT2D eigenvalue weighted by Crippen LogP contribution is 2.27. The highest BCUT2D eigenvalue weighted by Gasteiger charge is 2.29. The Kier molecular flexibility index (Phi) is 12.4. The van der Waals surface area contributed by atoms with Gasteiger partial charge in [-0.3, -0.25) is 13.9 Å². The topological polar surface area (TPSA) is 86.8 Å². The summed E-state index contributed by atoms with van der Waals surface area (Å²) in [5.41, 5.74) is 3.14. The minimum Gasteiger partial charge on any atom is -0.354 e. The number of benzene rings is 2. The molecule has 2 aromatic rings. The fourth-order valence-corrected chi connectivity index (χ4v) is 5.73. The van der Waals surface area contributed by atoms with Gasteiger partial charge in [0.15, 0.2) is 0 Å². The molecule has 2 rings (SSSR count). The van der Waals surface area contributed by atoms with E-state index in [2.05, 4.69) is 5.32 Å². The van der Waals surface area contributed by atoms with Gasteiger partial charge in [-0.2, -0.15) is 0 Å². The van der Waals surface area contributed by atoms with Crippen LogP contribution in [0.1, 0.15) is 62.6 Å². The van der Waals surface area contributed by atoms with E-state index in [9.17, 15) is 18.0 Å². The van der Waals surface area contributed by atoms with E-state index in [1.165, 1.54) is 10.6 Å². The van der Waals surface area contributed by atoms with Gasteiger partial charge in [-0.15, -0.1) is 0 Å². The highest BCUT2D eigenvalue weighted by atomic mass is 35.5. The van der Waals surface area contributed by atoms with Gasteiger partial charge in [0.2, 0.25) is 21.8 Å². The first-order valence-corrected chi connectivity index (χ1v) is 15.6. The Labute approximate surface area is 237 Å². The molecular formula is C28H39Cl2N3O4S. The molecule has 2 aromatic carbocycles. The number of carbonyl (C=O) groups is 2. The first kappa shape index (κ1) is 31.9. The van der Waals surface area contributed by atoms with Crippen LogP contribution in [0.3, 0.4) is 0 Å². The molecule has 0 aliphatic rings. The zero-order chi connectivity index (χ0) is 28.5. The van der Waals surface area contributed by atoms with Gasteiger partial charge < -0.3 is 10.2 Å². The van der Waals surface area contributed by atoms with E-state index in [-0.39, 0.29) is 37.7 Å². The first-order valence-electron chi connectivity index (χ1n) is 13.0. The van der Waals surface area contributed by atoms with Crippen molar-refractivity contribution in [2.24, 2.45) is 0 Å². The summed E-state index contributed by atoms with van der Waals surface area (Å²) in [6.45, 7) is 8.53. The van der Waals surface area contributed by atoms with Gasteiger partial charge in [0.25, 0.3) is 0 Å². The van der Waals surface area contributed by atoms with Crippen LogP contribution in [0.2, 0.25) is 10.0 Å². The number of aryl methyl sites for hydroxylation is 1. The van der Waals surface area contributed by atoms with Gasteiger partial charge >= 0.3 is 0 Å². The van der Waals surface area contributed by atoms with Crippen molar-refractivity contribution in [2.45, 2.75) is 72.4 Å². The molecule has 2 amide bonds. The Bertz CT molecular complexity index is 1220. The van der Waals surface area contributed by atoms with Gasteiger partial charge in [-0.1, -0.05) is 61.7 Å². The summed E-state index contributed by atoms with van der Waals surface area (Å²) in [6, 6.07) is 9.89. The summed E-state index contributed by atoms with van der Waals surface area (Å²) in [7, 11) is -3.57. The van der Waals surface area contributed by atoms with E-state index in [1.807, 2.05) is 39.8 Å². The van der Waals surface area contributed by atoms with Crippen LogP contribution in [0, 0.1) is 13.8 Å². The quantitative estimate of drug-likeness (QED) is 0.281. The predicted molar refractivity (Wildman–Crippen MR) is 156 cm³/mol. The molecule has 0 bridgehead atoms. The molecule has 0 aliphatic heterocycles. The number of nitrogens with zero attached hydrogens (tertiary/aromatic N) is 2. The number of unbranched alkanes of at least 4 members (excludes halogenated alkanes) is 1. The number of hydrogen-bond donors (Lipinski definition) is 1. The molecule has 0 radical (unpaired) electrons. The van der Waals surface area contributed by atoms with E-state index in [4.69, 9.17) is 23.2 Å². The molecule has 0 unspecified atom stereocenters. The van der Waals surface area contributed by atoms with E-state index in [0.29, 0.717) is 34.3 Å². The zero-order valence-electron chi connectivity index (χ0n) is 22.9. The van der Waals surface area contributed by atoms with Crippen molar-refractivity contribution in [2.75, 3.05) is 23.7 Å². The fourth-order valence-electron chi connectivity index (χ4n) is 4.25. The lowest BCUT2D eigenvalue weighted by molar-refractivity contribution is -0.141. The molecule has 7 nitrogen and oxygen atoms in total. The summed E-state index contributed by atoms with van der Waals surface area (Å²) in [5, 5.41) is 3.82. The van der Waals surface area contributed by atoms with Crippen LogP contribution >= 0.6 is 23.2 Å². The molecule has 1 atom stereocenters. The number of carbonyl (C=O) groups excluding carboxylic acids is 2. The second-order valence-electron chi connectivity index (χ2n) is 9.48. The first-order chi connectivity index (χ1) is 17.9. The lowest BCUT2D eigenvalue weighted by Crippen LogP contribution is -2.49. The van der Waals surface area contributed by atoms with Gasteiger partial charge in [0.05, 0.1) is 11.9 Å². The molecule has 0 fully saturated rings. The largest absolute Gasteiger partial charge is 0.354 e. The van der Waals surface area contributed by atoms with E-state index in [1.54, 1.807) is 29.2 Å². The third-order valence-corrected chi connectivity index (χ3v) is 8.34. The number of rotatable bonds is 14. The second kappa shape index (κ2) is 14.8. The van der Waals surface area contributed by atoms with E-state index in [0.717, 1.165) is 24.0 Å². The Balaban J connectivity index is 2.27. The van der Waals surface area contributed by atoms with Crippen molar-refractivity contribution in [3.05, 3.63) is 63.1 Å². The Hall–Kier alpha value is -2.29. The highest BCUT2D eigenvalue weighted by molar-refractivity contribution is 7.92. The van der Waals surface area contributed by atoms with Crippen LogP contribution in [0.15, 0.2) is 36.4 Å². The number of hydrogen-bond acceptors (Lipinski definition) is 4. The van der Waals surface area contributed by atoms with Crippen molar-refractivity contribution < 1.29 is 18.0 Å². The van der Waals surface area contributed by atoms with Crippen LogP contribution in [0.25, 0.3) is 0 Å². The number of anilines is 1. The summed E-state index contributed by atoms with van der Waals surface area (Å²) in [6.07, 6.45) is 3.74. The zero-order valence-corrected chi connectivity index (χ0v) is 25.2. The maximum atomic E-state index is 13.6. The normalized spacial score (nSPS) is 12.2. The van der Waals surface area contributed by atoms with Crippen LogP contribution in [0.4, 0.5) is 5.69 Å². The molecule has 0 aliphatic carbocycles. The summed E-state index contributed by atoms with van der Waals surface area (Å²) in [5.74, 6) is -0.463. The molecule has 210 valence electrons. The van der Waals surface area contributed by atoms with Crippen LogP contribution in [-0.4, -0.2) is 50.5 Å². The molecule has 0 saturated carbocycles. The number of amides is 2. The maximum absolute atomic E-state index is 13.6. The molecule has 0 spiro atoms. The van der Waals surface area contributed by atoms with Gasteiger partial charge in [-0.25, -0.2) is 8.42 Å². The van der Waals surface area contributed by atoms with Crippen LogP contribution in [-0.2, 0) is 26.2 Å². The molecule has 0 aromatic heterocycles. The third-order valence-electron chi connectivity index (χ3n) is 6.57. The number of sulfonamides is 1. The minimum absolute atomic E-state index is 0.0703. The van der Waals surface area contributed by atoms with Gasteiger partial charge in [-0.05, 0) is 68.0 Å². The van der Waals surface area contributed by atoms with Crippen molar-refractivity contribution in [3.63, 3.8) is 0 Å². The average molecular weight is 585 g/mol. The monoisotopic (exact) mass is 583 g/mol. The van der Waals surface area contributed by atoms with Crippen molar-refractivity contribution in [1.82, 2.24) is 10.2 Å². The number of nitrogens with one attached hydrogen (secondary N) is 1. The van der Waals surface area contributed by atoms with Crippen molar-refractivity contribution >= 4 is 50.7 Å². The molecular weight excluding hydrogens is 545 g/mol. The van der Waals surface area contributed by atoms with Crippen LogP contribution in [0.5, 0.6) is 0 Å². The van der Waals surface area contributed by atoms with Gasteiger partial charge in [0.1, 0.15) is 6.04 Å². The lowest BCUT2D eigenvalue weighted by atomic mass is 10.1. The fraction of sp³-hybridized carbons (Fsp3) is 0.500. The Morgan fingerprint density at radius 1 is 1.05 bits per heavy atom. The standard InChI is InChI=1S/C28H39Cl2N3O4S/c1-6-8-16-31-28(35)25(7-2)32(19-22-14-15-23(29)18-24(22)30)27(34)13-10-17-33(38(5,36)37)26-12-9-11-20(3)21(26)4/h9,11-12,14-15,18,25H,6-8,10,13,16-17,19H2,1-5H3,(H,31,35)/t25-/m0/s1. The van der Waals surface area contributed by atoms with Crippen molar-refractivity contribution in [3.8, 4) is 0 Å². The van der Waals surface area contributed by atoms with Gasteiger partial charge in [0, 0.05) is 36.1 Å². The molecule has 0 heterocycles. The number of halogens is 2. The van der Waals surface area contributed by atoms with Crippen molar-refractivity contribution in [1.29, 1.82) is 0 Å². The average Bonchev–Trinajstić information content (AvgIpc) is 2.84. The molecule has 38 heavy (non-hydrogen) atoms. The van der Waals surface area contributed by atoms with Crippen LogP contribution < -0.4 is 9.62 Å². The maximum Gasteiger partial charge on any atom is 0.242 e. The van der Waals surface area contributed by atoms with E-state index < -0.39 is 16.1 Å². The Morgan fingerprint density at radius 3 is 2.37 bits per heavy atom. The summed E-state index contributed by atoms with van der Waals surface area (Å²) >= 11 is 12.5. The Morgan fingerprint density at radius 2 is 1.76 bits per heavy atom. The lowest BCUT2D eigenvalue weighted by Gasteiger charge is -2.31. The smallest absolute Gasteiger partial charge is 0.242 e.